The number of likely N-dealkylation sites (tertiary alicyclic amines) is 1. The summed E-state index contributed by atoms with van der Waals surface area (Å²) >= 11 is 0. The van der Waals surface area contributed by atoms with Gasteiger partial charge in [0.25, 0.3) is 0 Å². The van der Waals surface area contributed by atoms with Crippen molar-refractivity contribution >= 4 is 5.91 Å². The highest BCUT2D eigenvalue weighted by Crippen LogP contribution is 2.31. The van der Waals surface area contributed by atoms with Crippen LogP contribution in [-0.2, 0) is 4.79 Å². The number of amides is 1. The zero-order chi connectivity index (χ0) is 14.8. The molecule has 1 saturated heterocycles. The van der Waals surface area contributed by atoms with E-state index in [1.54, 1.807) is 0 Å². The van der Waals surface area contributed by atoms with Crippen LogP contribution in [0.4, 0.5) is 0 Å². The number of hydrogen-bond donors (Lipinski definition) is 1. The predicted molar refractivity (Wildman–Crippen MR) is 77.7 cm³/mol. The lowest BCUT2D eigenvalue weighted by Gasteiger charge is -2.22. The van der Waals surface area contributed by atoms with E-state index in [0.717, 1.165) is 31.8 Å². The van der Waals surface area contributed by atoms with Crippen molar-refractivity contribution in [2.75, 3.05) is 19.6 Å². The maximum Gasteiger partial charge on any atom is 0.237 e. The third kappa shape index (κ3) is 3.43. The van der Waals surface area contributed by atoms with E-state index in [2.05, 4.69) is 15.5 Å². The molecule has 2 heterocycles. The number of nitrogens with zero attached hydrogens (tertiary/aromatic N) is 3. The quantitative estimate of drug-likeness (QED) is 0.866. The highest BCUT2D eigenvalue weighted by molar-refractivity contribution is 5.79. The molecule has 2 fully saturated rings. The van der Waals surface area contributed by atoms with Gasteiger partial charge in [0, 0.05) is 12.5 Å². The minimum absolute atomic E-state index is 0.0172. The zero-order valence-corrected chi connectivity index (χ0v) is 12.8. The van der Waals surface area contributed by atoms with Gasteiger partial charge in [-0.05, 0) is 38.1 Å². The fourth-order valence-electron chi connectivity index (χ4n) is 2.76. The van der Waals surface area contributed by atoms with Gasteiger partial charge in [-0.15, -0.1) is 0 Å². The highest BCUT2D eigenvalue weighted by atomic mass is 16.5. The molecule has 2 aliphatic rings. The molecule has 3 rings (SSSR count). The Morgan fingerprint density at radius 3 is 2.90 bits per heavy atom. The fraction of sp³-hybridized carbons (Fsp3) is 0.800. The highest BCUT2D eigenvalue weighted by Gasteiger charge is 2.33. The lowest BCUT2D eigenvalue weighted by atomic mass is 10.2. The molecule has 0 radical (unpaired) electrons. The van der Waals surface area contributed by atoms with Gasteiger partial charge in [0.2, 0.25) is 11.8 Å². The summed E-state index contributed by atoms with van der Waals surface area (Å²) in [5, 5.41) is 7.33. The molecule has 1 aromatic heterocycles. The van der Waals surface area contributed by atoms with Crippen LogP contribution in [0.5, 0.6) is 0 Å². The van der Waals surface area contributed by atoms with Crippen molar-refractivity contribution in [2.45, 2.75) is 51.5 Å². The summed E-state index contributed by atoms with van der Waals surface area (Å²) < 4.78 is 5.27. The summed E-state index contributed by atoms with van der Waals surface area (Å²) in [4.78, 5) is 18.7. The molecule has 1 amide bonds. The Bertz CT molecular complexity index is 496. The van der Waals surface area contributed by atoms with E-state index in [-0.39, 0.29) is 17.9 Å². The van der Waals surface area contributed by atoms with Crippen LogP contribution in [-0.4, -0.2) is 40.6 Å². The average Bonchev–Trinajstić information content (AvgIpc) is 2.96. The van der Waals surface area contributed by atoms with Crippen LogP contribution in [0.15, 0.2) is 4.52 Å². The molecule has 1 aromatic rings. The molecule has 0 aromatic carbocycles. The van der Waals surface area contributed by atoms with Crippen LogP contribution in [0.25, 0.3) is 0 Å². The molecule has 1 N–H and O–H groups in total. The first kappa shape index (κ1) is 14.5. The molecule has 1 aliphatic heterocycles. The molecule has 116 valence electrons. The minimum Gasteiger partial charge on any atom is -0.339 e. The third-order valence-corrected chi connectivity index (χ3v) is 4.23. The normalized spacial score (nSPS) is 22.2. The van der Waals surface area contributed by atoms with E-state index < -0.39 is 0 Å². The van der Waals surface area contributed by atoms with Crippen LogP contribution >= 0.6 is 0 Å². The SMILES string of the molecule is CC(C)c1nc(C2CCCN2C(=O)CNCC2CC2)no1. The van der Waals surface area contributed by atoms with Crippen molar-refractivity contribution in [3.8, 4) is 0 Å². The van der Waals surface area contributed by atoms with Crippen LogP contribution < -0.4 is 5.32 Å². The first-order valence-corrected chi connectivity index (χ1v) is 7.99. The molecule has 21 heavy (non-hydrogen) atoms. The second-order valence-electron chi connectivity index (χ2n) is 6.46. The number of nitrogens with one attached hydrogen (secondary N) is 1. The molecule has 1 aliphatic carbocycles. The number of rotatable bonds is 6. The first-order chi connectivity index (χ1) is 10.1. The third-order valence-electron chi connectivity index (χ3n) is 4.23. The van der Waals surface area contributed by atoms with E-state index in [4.69, 9.17) is 4.52 Å². The summed E-state index contributed by atoms with van der Waals surface area (Å²) in [7, 11) is 0. The van der Waals surface area contributed by atoms with Gasteiger partial charge < -0.3 is 14.7 Å². The van der Waals surface area contributed by atoms with Crippen molar-refractivity contribution < 1.29 is 9.32 Å². The van der Waals surface area contributed by atoms with Gasteiger partial charge in [-0.25, -0.2) is 0 Å². The Kier molecular flexibility index (Phi) is 4.24. The molecule has 6 heteroatoms. The second-order valence-corrected chi connectivity index (χ2v) is 6.46. The number of carbonyl (C=O) groups excluding carboxylic acids is 1. The van der Waals surface area contributed by atoms with Gasteiger partial charge in [-0.2, -0.15) is 4.98 Å². The lowest BCUT2D eigenvalue weighted by molar-refractivity contribution is -0.131. The maximum absolute atomic E-state index is 12.3. The van der Waals surface area contributed by atoms with Gasteiger partial charge in [-0.1, -0.05) is 19.0 Å². The standard InChI is InChI=1S/C15H24N4O2/c1-10(2)15-17-14(18-21-15)12-4-3-7-19(12)13(20)9-16-8-11-5-6-11/h10-12,16H,3-9H2,1-2H3. The Balaban J connectivity index is 1.59. The minimum atomic E-state index is -0.0172. The molecular formula is C15H24N4O2. The van der Waals surface area contributed by atoms with E-state index in [0.29, 0.717) is 18.3 Å². The predicted octanol–water partition coefficient (Wildman–Crippen LogP) is 1.86. The van der Waals surface area contributed by atoms with E-state index >= 15 is 0 Å². The van der Waals surface area contributed by atoms with Crippen LogP contribution in [0.2, 0.25) is 0 Å². The summed E-state index contributed by atoms with van der Waals surface area (Å²) in [6.07, 6.45) is 4.53. The summed E-state index contributed by atoms with van der Waals surface area (Å²) in [6.45, 7) is 6.22. The van der Waals surface area contributed by atoms with Crippen molar-refractivity contribution in [1.82, 2.24) is 20.4 Å². The molecule has 1 saturated carbocycles. The lowest BCUT2D eigenvalue weighted by Crippen LogP contribution is -2.38. The summed E-state index contributed by atoms with van der Waals surface area (Å²) in [6, 6.07) is -0.0172. The molecule has 1 unspecified atom stereocenters. The Morgan fingerprint density at radius 2 is 2.24 bits per heavy atom. The van der Waals surface area contributed by atoms with Crippen LogP contribution in [0.1, 0.15) is 63.2 Å². The van der Waals surface area contributed by atoms with Crippen LogP contribution in [0.3, 0.4) is 0 Å². The fourth-order valence-corrected chi connectivity index (χ4v) is 2.76. The van der Waals surface area contributed by atoms with Crippen molar-refractivity contribution in [3.63, 3.8) is 0 Å². The Labute approximate surface area is 125 Å². The molecule has 0 bridgehead atoms. The number of aromatic nitrogens is 2. The van der Waals surface area contributed by atoms with Gasteiger partial charge in [0.15, 0.2) is 5.82 Å². The van der Waals surface area contributed by atoms with E-state index in [9.17, 15) is 4.79 Å². The maximum atomic E-state index is 12.3. The van der Waals surface area contributed by atoms with E-state index in [1.807, 2.05) is 18.7 Å². The molecular weight excluding hydrogens is 268 g/mol. The van der Waals surface area contributed by atoms with Crippen molar-refractivity contribution in [3.05, 3.63) is 11.7 Å². The second kappa shape index (κ2) is 6.13. The Morgan fingerprint density at radius 1 is 1.43 bits per heavy atom. The van der Waals surface area contributed by atoms with Gasteiger partial charge in [-0.3, -0.25) is 4.79 Å². The zero-order valence-electron chi connectivity index (χ0n) is 12.8. The first-order valence-electron chi connectivity index (χ1n) is 7.99. The van der Waals surface area contributed by atoms with Crippen molar-refractivity contribution in [2.24, 2.45) is 5.92 Å². The molecule has 1 atom stereocenters. The average molecular weight is 292 g/mol. The Hall–Kier alpha value is -1.43. The van der Waals surface area contributed by atoms with Gasteiger partial charge >= 0.3 is 0 Å². The monoisotopic (exact) mass is 292 g/mol. The largest absolute Gasteiger partial charge is 0.339 e. The smallest absolute Gasteiger partial charge is 0.237 e. The number of hydrogen-bond acceptors (Lipinski definition) is 5. The van der Waals surface area contributed by atoms with Crippen molar-refractivity contribution in [1.29, 1.82) is 0 Å². The van der Waals surface area contributed by atoms with E-state index in [1.165, 1.54) is 12.8 Å². The van der Waals surface area contributed by atoms with Gasteiger partial charge in [0.1, 0.15) is 0 Å². The topological polar surface area (TPSA) is 71.3 Å². The summed E-state index contributed by atoms with van der Waals surface area (Å²) in [5.74, 6) is 2.46. The van der Waals surface area contributed by atoms with Gasteiger partial charge in [0.05, 0.1) is 12.6 Å². The molecule has 0 spiro atoms. The molecule has 6 nitrogen and oxygen atoms in total. The number of carbonyl (C=O) groups is 1. The summed E-state index contributed by atoms with van der Waals surface area (Å²) in [5.41, 5.74) is 0. The van der Waals surface area contributed by atoms with Crippen LogP contribution in [0, 0.1) is 5.92 Å².